The number of piperazine rings is 1. The Balaban J connectivity index is 1.57. The Morgan fingerprint density at radius 1 is 1.12 bits per heavy atom. The first kappa shape index (κ1) is 16.9. The van der Waals surface area contributed by atoms with Crippen LogP contribution in [0.2, 0.25) is 5.02 Å². The first-order valence-corrected chi connectivity index (χ1v) is 9.81. The second-order valence-corrected chi connectivity index (χ2v) is 8.34. The number of hydrogen-bond donors (Lipinski definition) is 0. The number of rotatable bonds is 3. The molecule has 1 aromatic carbocycles. The van der Waals surface area contributed by atoms with E-state index >= 15 is 0 Å². The minimum absolute atomic E-state index is 0.0546. The number of carbonyl (C=O) groups excluding carboxylic acids is 2. The van der Waals surface area contributed by atoms with Gasteiger partial charge in [-0.15, -0.1) is 0 Å². The highest BCUT2D eigenvalue weighted by molar-refractivity contribution is 6.30. The van der Waals surface area contributed by atoms with Gasteiger partial charge in [-0.05, 0) is 55.9 Å². The van der Waals surface area contributed by atoms with E-state index in [1.165, 1.54) is 19.3 Å². The smallest absolute Gasteiger partial charge is 0.254 e. The van der Waals surface area contributed by atoms with Crippen LogP contribution in [0.1, 0.15) is 55.3 Å². The summed E-state index contributed by atoms with van der Waals surface area (Å²) in [6.07, 6.45) is 8.07. The summed E-state index contributed by atoms with van der Waals surface area (Å²) in [6.45, 7) is 1.77. The Morgan fingerprint density at radius 3 is 2.44 bits per heavy atom. The average Bonchev–Trinajstić information content (AvgIpc) is 3.43. The molecule has 0 bridgehead atoms. The number of halogens is 1. The Labute approximate surface area is 154 Å². The largest absolute Gasteiger partial charge is 0.333 e. The first-order valence-electron chi connectivity index (χ1n) is 9.43. The minimum Gasteiger partial charge on any atom is -0.333 e. The number of benzene rings is 1. The van der Waals surface area contributed by atoms with Gasteiger partial charge in [-0.25, -0.2) is 0 Å². The van der Waals surface area contributed by atoms with Crippen molar-refractivity contribution in [3.63, 3.8) is 0 Å². The number of nitrogens with zero attached hydrogens (tertiary/aromatic N) is 2. The molecule has 2 amide bonds. The van der Waals surface area contributed by atoms with E-state index in [1.54, 1.807) is 29.2 Å². The first-order chi connectivity index (χ1) is 12.1. The third-order valence-corrected chi connectivity index (χ3v) is 6.24. The van der Waals surface area contributed by atoms with Crippen LogP contribution in [-0.2, 0) is 4.79 Å². The van der Waals surface area contributed by atoms with Crippen molar-refractivity contribution in [2.45, 2.75) is 50.5 Å². The maximum absolute atomic E-state index is 12.9. The van der Waals surface area contributed by atoms with Crippen LogP contribution in [-0.4, -0.2) is 46.8 Å². The lowest BCUT2D eigenvalue weighted by Crippen LogP contribution is -2.66. The molecule has 5 heteroatoms. The Kier molecular flexibility index (Phi) is 4.48. The molecule has 2 saturated carbocycles. The van der Waals surface area contributed by atoms with Crippen molar-refractivity contribution in [1.29, 1.82) is 0 Å². The molecule has 4 rings (SSSR count). The summed E-state index contributed by atoms with van der Waals surface area (Å²) in [7, 11) is 0. The predicted molar refractivity (Wildman–Crippen MR) is 97.6 cm³/mol. The zero-order chi connectivity index (χ0) is 17.4. The molecule has 2 aliphatic carbocycles. The number of hydrogen-bond acceptors (Lipinski definition) is 2. The molecule has 4 nitrogen and oxygen atoms in total. The van der Waals surface area contributed by atoms with E-state index in [-0.39, 0.29) is 23.9 Å². The molecule has 0 N–H and O–H groups in total. The fourth-order valence-electron chi connectivity index (χ4n) is 4.42. The lowest BCUT2D eigenvalue weighted by Gasteiger charge is -2.52. The second-order valence-electron chi connectivity index (χ2n) is 7.90. The molecule has 0 atom stereocenters. The summed E-state index contributed by atoms with van der Waals surface area (Å²) in [5, 5.41) is 0.616. The van der Waals surface area contributed by atoms with Crippen molar-refractivity contribution in [3.8, 4) is 0 Å². The second kappa shape index (κ2) is 6.64. The molecule has 0 unspecified atom stereocenters. The molecule has 1 aromatic rings. The van der Waals surface area contributed by atoms with Gasteiger partial charge < -0.3 is 9.80 Å². The van der Waals surface area contributed by atoms with Crippen molar-refractivity contribution in [3.05, 3.63) is 34.9 Å². The molecule has 0 radical (unpaired) electrons. The SMILES string of the molecule is O=C(c1ccc(Cl)cc1)N1CC(=O)N(CC2CC2)C2(CCCCC2)C1. The van der Waals surface area contributed by atoms with E-state index in [0.29, 0.717) is 23.0 Å². The lowest BCUT2D eigenvalue weighted by atomic mass is 9.78. The monoisotopic (exact) mass is 360 g/mol. The Bertz CT molecular complexity index is 663. The minimum atomic E-state index is -0.141. The van der Waals surface area contributed by atoms with Gasteiger partial charge in [0, 0.05) is 23.7 Å². The van der Waals surface area contributed by atoms with Gasteiger partial charge in [-0.1, -0.05) is 30.9 Å². The van der Waals surface area contributed by atoms with Crippen LogP contribution in [0.5, 0.6) is 0 Å². The van der Waals surface area contributed by atoms with E-state index in [9.17, 15) is 9.59 Å². The van der Waals surface area contributed by atoms with E-state index in [2.05, 4.69) is 4.90 Å². The van der Waals surface area contributed by atoms with Crippen LogP contribution in [0.15, 0.2) is 24.3 Å². The van der Waals surface area contributed by atoms with Crippen molar-refractivity contribution in [1.82, 2.24) is 9.80 Å². The van der Waals surface area contributed by atoms with Crippen molar-refractivity contribution < 1.29 is 9.59 Å². The summed E-state index contributed by atoms with van der Waals surface area (Å²) >= 11 is 5.93. The van der Waals surface area contributed by atoms with Crippen LogP contribution in [0.3, 0.4) is 0 Å². The molecule has 1 aliphatic heterocycles. The highest BCUT2D eigenvalue weighted by Gasteiger charge is 2.48. The van der Waals surface area contributed by atoms with Crippen molar-refractivity contribution >= 4 is 23.4 Å². The van der Waals surface area contributed by atoms with Gasteiger partial charge in [-0.3, -0.25) is 9.59 Å². The third kappa shape index (κ3) is 3.41. The highest BCUT2D eigenvalue weighted by atomic mass is 35.5. The van der Waals surface area contributed by atoms with E-state index in [1.807, 2.05) is 0 Å². The zero-order valence-electron chi connectivity index (χ0n) is 14.5. The summed E-state index contributed by atoms with van der Waals surface area (Å²) in [6, 6.07) is 6.96. The fourth-order valence-corrected chi connectivity index (χ4v) is 4.55. The molecule has 1 saturated heterocycles. The third-order valence-electron chi connectivity index (χ3n) is 5.99. The van der Waals surface area contributed by atoms with Gasteiger partial charge in [0.25, 0.3) is 5.91 Å². The van der Waals surface area contributed by atoms with Gasteiger partial charge in [0.2, 0.25) is 5.91 Å². The fraction of sp³-hybridized carbons (Fsp3) is 0.600. The topological polar surface area (TPSA) is 40.6 Å². The predicted octanol–water partition coefficient (Wildman–Crippen LogP) is 3.74. The molecule has 134 valence electrons. The van der Waals surface area contributed by atoms with Crippen LogP contribution < -0.4 is 0 Å². The van der Waals surface area contributed by atoms with Gasteiger partial charge in [0.15, 0.2) is 0 Å². The summed E-state index contributed by atoms with van der Waals surface area (Å²) in [4.78, 5) is 29.8. The average molecular weight is 361 g/mol. The Morgan fingerprint density at radius 2 is 1.80 bits per heavy atom. The summed E-state index contributed by atoms with van der Waals surface area (Å²) < 4.78 is 0. The molecule has 0 aromatic heterocycles. The molecule has 3 aliphatic rings. The maximum atomic E-state index is 12.9. The number of carbonyl (C=O) groups is 2. The molecule has 1 heterocycles. The molecular weight excluding hydrogens is 336 g/mol. The van der Waals surface area contributed by atoms with E-state index < -0.39 is 0 Å². The number of amides is 2. The van der Waals surface area contributed by atoms with Gasteiger partial charge in [0.1, 0.15) is 6.54 Å². The van der Waals surface area contributed by atoms with Crippen LogP contribution in [0.25, 0.3) is 0 Å². The molecular formula is C20H25ClN2O2. The highest BCUT2D eigenvalue weighted by Crippen LogP contribution is 2.40. The van der Waals surface area contributed by atoms with Crippen molar-refractivity contribution in [2.75, 3.05) is 19.6 Å². The maximum Gasteiger partial charge on any atom is 0.254 e. The lowest BCUT2D eigenvalue weighted by molar-refractivity contribution is -0.147. The van der Waals surface area contributed by atoms with E-state index in [0.717, 1.165) is 32.2 Å². The molecule has 25 heavy (non-hydrogen) atoms. The van der Waals surface area contributed by atoms with E-state index in [4.69, 9.17) is 11.6 Å². The molecule has 3 fully saturated rings. The standard InChI is InChI=1S/C20H25ClN2O2/c21-17-8-6-16(7-9-17)19(25)22-13-18(24)23(12-15-4-5-15)20(14-22)10-2-1-3-11-20/h6-9,15H,1-5,10-14H2. The van der Waals surface area contributed by atoms with Crippen LogP contribution >= 0.6 is 11.6 Å². The summed E-state index contributed by atoms with van der Waals surface area (Å²) in [5.74, 6) is 0.754. The van der Waals surface area contributed by atoms with Crippen molar-refractivity contribution in [2.24, 2.45) is 5.92 Å². The van der Waals surface area contributed by atoms with Gasteiger partial charge in [0.05, 0.1) is 5.54 Å². The van der Waals surface area contributed by atoms with Crippen LogP contribution in [0.4, 0.5) is 0 Å². The molecule has 1 spiro atoms. The van der Waals surface area contributed by atoms with Gasteiger partial charge in [-0.2, -0.15) is 0 Å². The Hall–Kier alpha value is -1.55. The van der Waals surface area contributed by atoms with Crippen LogP contribution in [0, 0.1) is 5.92 Å². The zero-order valence-corrected chi connectivity index (χ0v) is 15.3. The summed E-state index contributed by atoms with van der Waals surface area (Å²) in [5.41, 5.74) is 0.469. The van der Waals surface area contributed by atoms with Gasteiger partial charge >= 0.3 is 0 Å². The normalized spacial score (nSPS) is 23.2. The quantitative estimate of drug-likeness (QED) is 0.823.